The second-order valence-corrected chi connectivity index (χ2v) is 5.67. The Balaban J connectivity index is 1.97. The van der Waals surface area contributed by atoms with E-state index in [1.807, 2.05) is 0 Å². The van der Waals surface area contributed by atoms with Gasteiger partial charge < -0.3 is 10.2 Å². The van der Waals surface area contributed by atoms with Crippen molar-refractivity contribution in [3.8, 4) is 0 Å². The lowest BCUT2D eigenvalue weighted by Gasteiger charge is -2.20. The van der Waals surface area contributed by atoms with Crippen molar-refractivity contribution in [2.24, 2.45) is 5.92 Å². The molecule has 0 aliphatic carbocycles. The highest BCUT2D eigenvalue weighted by atomic mass is 35.5. The molecule has 1 aromatic rings. The van der Waals surface area contributed by atoms with Crippen molar-refractivity contribution in [3.05, 3.63) is 29.0 Å². The first-order chi connectivity index (χ1) is 8.56. The predicted octanol–water partition coefficient (Wildman–Crippen LogP) is 3.30. The molecule has 1 unspecified atom stereocenters. The van der Waals surface area contributed by atoms with E-state index in [1.54, 1.807) is 6.07 Å². The molecular formula is C14H20ClFN2. The van der Waals surface area contributed by atoms with Crippen molar-refractivity contribution in [1.82, 2.24) is 5.32 Å². The number of hydrogen-bond donors (Lipinski definition) is 1. The maximum atomic E-state index is 13.3. The summed E-state index contributed by atoms with van der Waals surface area (Å²) < 4.78 is 13.3. The van der Waals surface area contributed by atoms with Crippen LogP contribution in [0.5, 0.6) is 0 Å². The second kappa shape index (κ2) is 5.89. The summed E-state index contributed by atoms with van der Waals surface area (Å²) in [5.41, 5.74) is 0.823. The molecular weight excluding hydrogens is 251 g/mol. The van der Waals surface area contributed by atoms with Crippen LogP contribution in [-0.2, 0) is 0 Å². The summed E-state index contributed by atoms with van der Waals surface area (Å²) in [6.07, 6.45) is 1.13. The van der Waals surface area contributed by atoms with Gasteiger partial charge in [0, 0.05) is 19.1 Å². The van der Waals surface area contributed by atoms with Gasteiger partial charge in [-0.15, -0.1) is 0 Å². The maximum absolute atomic E-state index is 13.3. The normalized spacial score (nSPS) is 19.8. The van der Waals surface area contributed by atoms with E-state index < -0.39 is 0 Å². The van der Waals surface area contributed by atoms with Crippen LogP contribution in [0.3, 0.4) is 0 Å². The van der Waals surface area contributed by atoms with E-state index in [4.69, 9.17) is 11.6 Å². The van der Waals surface area contributed by atoms with Gasteiger partial charge in [-0.25, -0.2) is 4.39 Å². The summed E-state index contributed by atoms with van der Waals surface area (Å²) in [4.78, 5) is 2.18. The van der Waals surface area contributed by atoms with Crippen LogP contribution in [0.25, 0.3) is 0 Å². The molecule has 0 saturated carbocycles. The number of halogens is 2. The van der Waals surface area contributed by atoms with Crippen LogP contribution in [0.4, 0.5) is 10.1 Å². The van der Waals surface area contributed by atoms with Crippen LogP contribution < -0.4 is 10.2 Å². The van der Waals surface area contributed by atoms with Crippen molar-refractivity contribution in [1.29, 1.82) is 0 Å². The summed E-state index contributed by atoms with van der Waals surface area (Å²) in [7, 11) is 0. The molecule has 1 N–H and O–H groups in total. The zero-order valence-electron chi connectivity index (χ0n) is 10.9. The average molecular weight is 271 g/mol. The third-order valence-corrected chi connectivity index (χ3v) is 3.67. The molecule has 2 rings (SSSR count). The van der Waals surface area contributed by atoms with E-state index in [2.05, 4.69) is 24.1 Å². The molecule has 0 aromatic heterocycles. The van der Waals surface area contributed by atoms with Crippen LogP contribution in [0.15, 0.2) is 18.2 Å². The van der Waals surface area contributed by atoms with Gasteiger partial charge in [0.2, 0.25) is 0 Å². The first-order valence-electron chi connectivity index (χ1n) is 6.49. The van der Waals surface area contributed by atoms with Crippen molar-refractivity contribution in [2.75, 3.05) is 24.5 Å². The quantitative estimate of drug-likeness (QED) is 0.903. The Morgan fingerprint density at radius 3 is 3.00 bits per heavy atom. The van der Waals surface area contributed by atoms with E-state index in [9.17, 15) is 4.39 Å². The van der Waals surface area contributed by atoms with Crippen molar-refractivity contribution >= 4 is 17.3 Å². The lowest BCUT2D eigenvalue weighted by atomic mass is 10.1. The monoisotopic (exact) mass is 270 g/mol. The minimum Gasteiger partial charge on any atom is -0.370 e. The highest BCUT2D eigenvalue weighted by Crippen LogP contribution is 2.30. The Bertz CT molecular complexity index is 409. The van der Waals surface area contributed by atoms with Gasteiger partial charge >= 0.3 is 0 Å². The first-order valence-corrected chi connectivity index (χ1v) is 6.87. The van der Waals surface area contributed by atoms with E-state index in [-0.39, 0.29) is 5.82 Å². The zero-order valence-corrected chi connectivity index (χ0v) is 11.7. The summed E-state index contributed by atoms with van der Waals surface area (Å²) >= 11 is 6.13. The molecule has 1 aliphatic heterocycles. The fraction of sp³-hybridized carbons (Fsp3) is 0.571. The molecule has 1 aromatic carbocycles. The Labute approximate surface area is 113 Å². The second-order valence-electron chi connectivity index (χ2n) is 5.26. The largest absolute Gasteiger partial charge is 0.370 e. The van der Waals surface area contributed by atoms with Crippen molar-refractivity contribution in [2.45, 2.75) is 26.3 Å². The molecule has 0 spiro atoms. The SMILES string of the molecule is CC(C)NCC1CCN(c2cc(F)ccc2Cl)C1. The number of nitrogens with zero attached hydrogens (tertiary/aromatic N) is 1. The molecule has 4 heteroatoms. The lowest BCUT2D eigenvalue weighted by molar-refractivity contribution is 0.480. The molecule has 0 amide bonds. The Morgan fingerprint density at radius 1 is 1.50 bits per heavy atom. The molecule has 1 saturated heterocycles. The van der Waals surface area contributed by atoms with Gasteiger partial charge in [0.25, 0.3) is 0 Å². The molecule has 100 valence electrons. The molecule has 1 aliphatic rings. The molecule has 1 heterocycles. The summed E-state index contributed by atoms with van der Waals surface area (Å²) in [5.74, 6) is 0.393. The number of hydrogen-bond acceptors (Lipinski definition) is 2. The number of benzene rings is 1. The number of rotatable bonds is 4. The van der Waals surface area contributed by atoms with Gasteiger partial charge in [0.1, 0.15) is 5.82 Å². The van der Waals surface area contributed by atoms with Gasteiger partial charge in [0.15, 0.2) is 0 Å². The fourth-order valence-electron chi connectivity index (χ4n) is 2.35. The third-order valence-electron chi connectivity index (χ3n) is 3.35. The molecule has 0 bridgehead atoms. The lowest BCUT2D eigenvalue weighted by Crippen LogP contribution is -2.30. The average Bonchev–Trinajstić information content (AvgIpc) is 2.78. The van der Waals surface area contributed by atoms with E-state index in [0.29, 0.717) is 17.0 Å². The maximum Gasteiger partial charge on any atom is 0.125 e. The van der Waals surface area contributed by atoms with Gasteiger partial charge in [-0.2, -0.15) is 0 Å². The number of anilines is 1. The van der Waals surface area contributed by atoms with E-state index in [0.717, 1.165) is 31.7 Å². The highest BCUT2D eigenvalue weighted by Gasteiger charge is 2.24. The van der Waals surface area contributed by atoms with Crippen LogP contribution in [0.2, 0.25) is 5.02 Å². The zero-order chi connectivity index (χ0) is 13.1. The van der Waals surface area contributed by atoms with Gasteiger partial charge in [0.05, 0.1) is 10.7 Å². The Kier molecular flexibility index (Phi) is 4.46. The Hall–Kier alpha value is -0.800. The minimum absolute atomic E-state index is 0.224. The Morgan fingerprint density at radius 2 is 2.28 bits per heavy atom. The van der Waals surface area contributed by atoms with Crippen LogP contribution >= 0.6 is 11.6 Å². The molecule has 2 nitrogen and oxygen atoms in total. The van der Waals surface area contributed by atoms with Crippen molar-refractivity contribution < 1.29 is 4.39 Å². The summed E-state index contributed by atoms with van der Waals surface area (Å²) in [6, 6.07) is 5.07. The first kappa shape index (κ1) is 13.6. The van der Waals surface area contributed by atoms with Crippen LogP contribution in [0.1, 0.15) is 20.3 Å². The smallest absolute Gasteiger partial charge is 0.125 e. The summed E-state index contributed by atoms with van der Waals surface area (Å²) in [6.45, 7) is 7.21. The van der Waals surface area contributed by atoms with Gasteiger partial charge in [-0.3, -0.25) is 0 Å². The minimum atomic E-state index is -0.224. The molecule has 18 heavy (non-hydrogen) atoms. The van der Waals surface area contributed by atoms with Crippen molar-refractivity contribution in [3.63, 3.8) is 0 Å². The predicted molar refractivity (Wildman–Crippen MR) is 74.9 cm³/mol. The fourth-order valence-corrected chi connectivity index (χ4v) is 2.59. The van der Waals surface area contributed by atoms with Crippen LogP contribution in [-0.4, -0.2) is 25.7 Å². The van der Waals surface area contributed by atoms with Crippen LogP contribution in [0, 0.1) is 11.7 Å². The third kappa shape index (κ3) is 3.36. The molecule has 0 radical (unpaired) electrons. The highest BCUT2D eigenvalue weighted by molar-refractivity contribution is 6.33. The van der Waals surface area contributed by atoms with Gasteiger partial charge in [-0.1, -0.05) is 25.4 Å². The summed E-state index contributed by atoms with van der Waals surface area (Å²) in [5, 5.41) is 4.08. The van der Waals surface area contributed by atoms with Gasteiger partial charge in [-0.05, 0) is 37.1 Å². The number of nitrogens with one attached hydrogen (secondary N) is 1. The molecule has 1 fully saturated rings. The van der Waals surface area contributed by atoms with E-state index >= 15 is 0 Å². The van der Waals surface area contributed by atoms with E-state index in [1.165, 1.54) is 12.1 Å². The topological polar surface area (TPSA) is 15.3 Å². The standard InChI is InChI=1S/C14H20ClFN2/c1-10(2)17-8-11-5-6-18(9-11)14-7-12(16)3-4-13(14)15/h3-4,7,10-11,17H,5-6,8-9H2,1-2H3. The molecule has 1 atom stereocenters.